The molecule has 1 aromatic carbocycles. The highest BCUT2D eigenvalue weighted by Crippen LogP contribution is 2.23. The maximum absolute atomic E-state index is 12.4. The summed E-state index contributed by atoms with van der Waals surface area (Å²) in [6, 6.07) is 10.4. The Labute approximate surface area is 121 Å². The van der Waals surface area contributed by atoms with Gasteiger partial charge < -0.3 is 10.6 Å². The number of nitrogens with two attached hydrogens (primary N) is 1. The molecule has 1 atom stereocenters. The fraction of sp³-hybridized carbons (Fsp3) is 0.471. The van der Waals surface area contributed by atoms with Gasteiger partial charge in [0.1, 0.15) is 0 Å². The minimum Gasteiger partial charge on any atom is -0.338 e. The third-order valence-electron chi connectivity index (χ3n) is 4.04. The molecule has 1 aliphatic rings. The Kier molecular flexibility index (Phi) is 4.96. The van der Waals surface area contributed by atoms with Crippen LogP contribution in [0.5, 0.6) is 0 Å². The molecule has 2 N–H and O–H groups in total. The monoisotopic (exact) mass is 272 g/mol. The zero-order valence-electron chi connectivity index (χ0n) is 12.4. The van der Waals surface area contributed by atoms with Crippen molar-refractivity contribution in [2.45, 2.75) is 20.3 Å². The van der Waals surface area contributed by atoms with Crippen LogP contribution >= 0.6 is 0 Å². The van der Waals surface area contributed by atoms with Crippen molar-refractivity contribution in [1.29, 1.82) is 0 Å². The van der Waals surface area contributed by atoms with E-state index in [4.69, 9.17) is 5.73 Å². The average molecular weight is 272 g/mol. The number of nitrogens with zero attached hydrogens (tertiary/aromatic N) is 1. The lowest BCUT2D eigenvalue weighted by atomic mass is 9.93. The molecule has 0 saturated heterocycles. The number of hydrogen-bond donors (Lipinski definition) is 1. The fourth-order valence-electron chi connectivity index (χ4n) is 2.68. The van der Waals surface area contributed by atoms with E-state index in [2.05, 4.69) is 44.2 Å². The van der Waals surface area contributed by atoms with Crippen LogP contribution in [0.25, 0.3) is 5.57 Å². The minimum atomic E-state index is -0.0540. The summed E-state index contributed by atoms with van der Waals surface area (Å²) in [6.07, 6.45) is 3.09. The predicted molar refractivity (Wildman–Crippen MR) is 83.0 cm³/mol. The minimum absolute atomic E-state index is 0.0540. The van der Waals surface area contributed by atoms with E-state index in [9.17, 15) is 4.79 Å². The van der Waals surface area contributed by atoms with Crippen LogP contribution in [-0.4, -0.2) is 30.4 Å². The van der Waals surface area contributed by atoms with Crippen molar-refractivity contribution in [2.24, 2.45) is 17.6 Å². The van der Waals surface area contributed by atoms with Crippen molar-refractivity contribution in [2.75, 3.05) is 19.6 Å². The maximum Gasteiger partial charge on any atom is 0.227 e. The number of amides is 1. The number of carbonyl (C=O) groups excluding carboxylic acids is 1. The molecule has 1 heterocycles. The van der Waals surface area contributed by atoms with Gasteiger partial charge in [0, 0.05) is 19.6 Å². The van der Waals surface area contributed by atoms with Crippen LogP contribution < -0.4 is 5.73 Å². The van der Waals surface area contributed by atoms with Gasteiger partial charge in [0.2, 0.25) is 5.91 Å². The van der Waals surface area contributed by atoms with E-state index < -0.39 is 0 Å². The third kappa shape index (κ3) is 3.28. The molecule has 20 heavy (non-hydrogen) atoms. The van der Waals surface area contributed by atoms with Gasteiger partial charge in [-0.3, -0.25) is 4.79 Å². The highest BCUT2D eigenvalue weighted by atomic mass is 16.2. The summed E-state index contributed by atoms with van der Waals surface area (Å²) in [7, 11) is 0. The van der Waals surface area contributed by atoms with Crippen LogP contribution in [0.4, 0.5) is 0 Å². The molecule has 0 saturated carbocycles. The molecular weight excluding hydrogens is 248 g/mol. The highest BCUT2D eigenvalue weighted by molar-refractivity contribution is 5.81. The number of rotatable bonds is 4. The van der Waals surface area contributed by atoms with Gasteiger partial charge in [-0.25, -0.2) is 0 Å². The molecule has 0 radical (unpaired) electrons. The topological polar surface area (TPSA) is 46.3 Å². The van der Waals surface area contributed by atoms with Gasteiger partial charge in [0.05, 0.1) is 5.92 Å². The van der Waals surface area contributed by atoms with E-state index in [1.807, 2.05) is 11.0 Å². The van der Waals surface area contributed by atoms with E-state index in [-0.39, 0.29) is 11.8 Å². The van der Waals surface area contributed by atoms with E-state index in [1.165, 1.54) is 11.1 Å². The Morgan fingerprint density at radius 2 is 2.00 bits per heavy atom. The van der Waals surface area contributed by atoms with Crippen molar-refractivity contribution in [3.63, 3.8) is 0 Å². The van der Waals surface area contributed by atoms with Gasteiger partial charge >= 0.3 is 0 Å². The Bertz CT molecular complexity index is 479. The van der Waals surface area contributed by atoms with Gasteiger partial charge in [0.15, 0.2) is 0 Å². The van der Waals surface area contributed by atoms with Crippen molar-refractivity contribution >= 4 is 11.5 Å². The average Bonchev–Trinajstić information content (AvgIpc) is 2.48. The van der Waals surface area contributed by atoms with Crippen LogP contribution in [-0.2, 0) is 4.79 Å². The molecule has 1 amide bonds. The molecule has 2 rings (SSSR count). The first-order valence-corrected chi connectivity index (χ1v) is 7.36. The lowest BCUT2D eigenvalue weighted by Crippen LogP contribution is -2.43. The Balaban J connectivity index is 2.03. The maximum atomic E-state index is 12.4. The first kappa shape index (κ1) is 14.8. The summed E-state index contributed by atoms with van der Waals surface area (Å²) in [5, 5.41) is 0. The quantitative estimate of drug-likeness (QED) is 0.915. The normalized spacial score (nSPS) is 17.0. The molecule has 1 aliphatic heterocycles. The van der Waals surface area contributed by atoms with Crippen molar-refractivity contribution in [3.05, 3.63) is 42.0 Å². The Hall–Kier alpha value is -1.61. The van der Waals surface area contributed by atoms with Crippen LogP contribution in [0.1, 0.15) is 25.8 Å². The SMILES string of the molecule is CC(C)C(CN)C(=O)N1CC=C(c2ccccc2)CC1. The van der Waals surface area contributed by atoms with Crippen LogP contribution in [0, 0.1) is 11.8 Å². The standard InChI is InChI=1S/C17H24N2O/c1-13(2)16(12-18)17(20)19-10-8-15(9-11-19)14-6-4-3-5-7-14/h3-8,13,16H,9-12,18H2,1-2H3. The largest absolute Gasteiger partial charge is 0.338 e. The molecule has 1 aromatic rings. The summed E-state index contributed by atoms with van der Waals surface area (Å²) in [4.78, 5) is 14.4. The first-order valence-electron chi connectivity index (χ1n) is 7.36. The number of carbonyl (C=O) groups is 1. The van der Waals surface area contributed by atoms with Crippen LogP contribution in [0.15, 0.2) is 36.4 Å². The predicted octanol–water partition coefficient (Wildman–Crippen LogP) is 2.53. The zero-order chi connectivity index (χ0) is 14.5. The molecule has 0 fully saturated rings. The summed E-state index contributed by atoms with van der Waals surface area (Å²) in [5.41, 5.74) is 8.34. The third-order valence-corrected chi connectivity index (χ3v) is 4.04. The molecule has 3 heteroatoms. The van der Waals surface area contributed by atoms with Crippen LogP contribution in [0.3, 0.4) is 0 Å². The van der Waals surface area contributed by atoms with Gasteiger partial charge in [-0.05, 0) is 23.5 Å². The highest BCUT2D eigenvalue weighted by Gasteiger charge is 2.26. The number of benzene rings is 1. The van der Waals surface area contributed by atoms with E-state index in [1.54, 1.807) is 0 Å². The van der Waals surface area contributed by atoms with Crippen molar-refractivity contribution in [3.8, 4) is 0 Å². The zero-order valence-corrected chi connectivity index (χ0v) is 12.4. The molecule has 0 aromatic heterocycles. The molecule has 0 aliphatic carbocycles. The molecule has 0 spiro atoms. The summed E-state index contributed by atoms with van der Waals surface area (Å²) >= 11 is 0. The molecule has 108 valence electrons. The lowest BCUT2D eigenvalue weighted by Gasteiger charge is -2.31. The summed E-state index contributed by atoms with van der Waals surface area (Å²) in [6.45, 7) is 6.05. The molecule has 1 unspecified atom stereocenters. The van der Waals surface area contributed by atoms with E-state index in [0.717, 1.165) is 13.0 Å². The fourth-order valence-corrected chi connectivity index (χ4v) is 2.68. The second-order valence-corrected chi connectivity index (χ2v) is 5.72. The van der Waals surface area contributed by atoms with Gasteiger partial charge in [-0.15, -0.1) is 0 Å². The van der Waals surface area contributed by atoms with E-state index in [0.29, 0.717) is 19.0 Å². The van der Waals surface area contributed by atoms with Gasteiger partial charge in [0.25, 0.3) is 0 Å². The van der Waals surface area contributed by atoms with Crippen LogP contribution in [0.2, 0.25) is 0 Å². The van der Waals surface area contributed by atoms with Crippen molar-refractivity contribution in [1.82, 2.24) is 4.90 Å². The van der Waals surface area contributed by atoms with E-state index >= 15 is 0 Å². The summed E-state index contributed by atoms with van der Waals surface area (Å²) < 4.78 is 0. The second-order valence-electron chi connectivity index (χ2n) is 5.72. The van der Waals surface area contributed by atoms with Gasteiger partial charge in [-0.2, -0.15) is 0 Å². The number of hydrogen-bond acceptors (Lipinski definition) is 2. The van der Waals surface area contributed by atoms with Gasteiger partial charge in [-0.1, -0.05) is 50.3 Å². The first-order chi connectivity index (χ1) is 9.63. The molecular formula is C17H24N2O. The smallest absolute Gasteiger partial charge is 0.227 e. The lowest BCUT2D eigenvalue weighted by molar-refractivity contribution is -0.136. The molecule has 0 bridgehead atoms. The summed E-state index contributed by atoms with van der Waals surface area (Å²) in [5.74, 6) is 0.444. The Morgan fingerprint density at radius 1 is 1.30 bits per heavy atom. The second kappa shape index (κ2) is 6.71. The van der Waals surface area contributed by atoms with Crippen molar-refractivity contribution < 1.29 is 4.79 Å². The molecule has 3 nitrogen and oxygen atoms in total. The Morgan fingerprint density at radius 3 is 2.50 bits per heavy atom.